The summed E-state index contributed by atoms with van der Waals surface area (Å²) in [7, 11) is 0. The number of fused-ring (bicyclic) bond motifs is 2. The molecule has 166 valence electrons. The van der Waals surface area contributed by atoms with Gasteiger partial charge in [-0.05, 0) is 61.7 Å². The molecule has 0 radical (unpaired) electrons. The average Bonchev–Trinajstić information content (AvgIpc) is 3.53. The van der Waals surface area contributed by atoms with Gasteiger partial charge in [0, 0.05) is 10.9 Å². The first-order chi connectivity index (χ1) is 16.2. The van der Waals surface area contributed by atoms with Crippen LogP contribution in [-0.2, 0) is 0 Å². The molecular weight excluding hydrogens is 430 g/mol. The van der Waals surface area contributed by atoms with Crippen molar-refractivity contribution in [1.82, 2.24) is 24.7 Å². The van der Waals surface area contributed by atoms with Crippen molar-refractivity contribution in [2.75, 3.05) is 12.3 Å². The fourth-order valence-electron chi connectivity index (χ4n) is 4.90. The van der Waals surface area contributed by atoms with Crippen molar-refractivity contribution < 1.29 is 0 Å². The number of nitrogen functional groups attached to an aromatic ring is 1. The Balaban J connectivity index is 1.47. The number of benzene rings is 1. The summed E-state index contributed by atoms with van der Waals surface area (Å²) >= 11 is 1.69. The van der Waals surface area contributed by atoms with E-state index in [-0.39, 0.29) is 0 Å². The van der Waals surface area contributed by atoms with Crippen LogP contribution in [-0.4, -0.2) is 31.3 Å². The van der Waals surface area contributed by atoms with Crippen LogP contribution in [0.2, 0.25) is 0 Å². The molecule has 1 aliphatic rings. The van der Waals surface area contributed by atoms with Crippen LogP contribution in [0.4, 0.5) is 5.82 Å². The lowest BCUT2D eigenvalue weighted by molar-refractivity contribution is 0.269. The minimum Gasteiger partial charge on any atom is -0.383 e. The van der Waals surface area contributed by atoms with Crippen LogP contribution in [0.5, 0.6) is 0 Å². The first-order valence-electron chi connectivity index (χ1n) is 11.3. The Morgan fingerprint density at radius 1 is 1.03 bits per heavy atom. The molecule has 6 rings (SSSR count). The highest BCUT2D eigenvalue weighted by Crippen LogP contribution is 2.38. The molecule has 0 atom stereocenters. The number of hydrogen-bond donors (Lipinski definition) is 2. The maximum Gasteiger partial charge on any atom is 0.164 e. The maximum atomic E-state index is 6.35. The van der Waals surface area contributed by atoms with Gasteiger partial charge in [-0.15, -0.1) is 11.3 Å². The molecule has 0 spiro atoms. The Labute approximate surface area is 195 Å². The number of anilines is 1. The third kappa shape index (κ3) is 3.55. The van der Waals surface area contributed by atoms with E-state index in [1.54, 1.807) is 11.3 Å². The molecule has 7 nitrogen and oxygen atoms in total. The predicted octanol–water partition coefficient (Wildman–Crippen LogP) is 5.04. The number of hydrogen-bond acceptors (Lipinski definition) is 7. The third-order valence-corrected chi connectivity index (χ3v) is 7.65. The largest absolute Gasteiger partial charge is 0.383 e. The molecule has 4 N–H and O–H groups in total. The lowest BCUT2D eigenvalue weighted by Gasteiger charge is -2.27. The standard InChI is InChI=1S/C25H25N7S/c26-13-15-3-8-18(9-4-15)32-25-22(24(27)28-14-29-25)23(31-32)17-6-5-16-7-10-19(30-20(16)12-17)21-2-1-11-33-21/h1-2,5-7,10-12,14-15,18H,3-4,8-9,13,26H2,(H2,27,28,29). The fraction of sp³-hybridized carbons (Fsp3) is 0.280. The zero-order valence-electron chi connectivity index (χ0n) is 18.2. The molecule has 1 fully saturated rings. The van der Waals surface area contributed by atoms with Crippen LogP contribution in [0.3, 0.4) is 0 Å². The Morgan fingerprint density at radius 3 is 2.67 bits per heavy atom. The molecule has 1 aliphatic carbocycles. The molecular formula is C25H25N7S. The quantitative estimate of drug-likeness (QED) is 0.393. The summed E-state index contributed by atoms with van der Waals surface area (Å²) in [5.74, 6) is 1.06. The summed E-state index contributed by atoms with van der Waals surface area (Å²) < 4.78 is 2.06. The lowest BCUT2D eigenvalue weighted by atomic mass is 9.86. The molecule has 5 aromatic rings. The number of nitrogens with zero attached hydrogens (tertiary/aromatic N) is 5. The van der Waals surface area contributed by atoms with E-state index in [0.29, 0.717) is 17.8 Å². The lowest BCUT2D eigenvalue weighted by Crippen LogP contribution is -2.24. The molecule has 0 aliphatic heterocycles. The van der Waals surface area contributed by atoms with E-state index < -0.39 is 0 Å². The van der Waals surface area contributed by atoms with Crippen LogP contribution in [0.15, 0.2) is 54.2 Å². The van der Waals surface area contributed by atoms with E-state index in [9.17, 15) is 0 Å². The van der Waals surface area contributed by atoms with E-state index >= 15 is 0 Å². The second kappa shape index (κ2) is 8.20. The van der Waals surface area contributed by atoms with E-state index in [2.05, 4.69) is 56.4 Å². The van der Waals surface area contributed by atoms with Crippen molar-refractivity contribution in [1.29, 1.82) is 0 Å². The van der Waals surface area contributed by atoms with Gasteiger partial charge < -0.3 is 11.5 Å². The van der Waals surface area contributed by atoms with Gasteiger partial charge in [0.1, 0.15) is 17.8 Å². The summed E-state index contributed by atoms with van der Waals surface area (Å²) in [4.78, 5) is 14.9. The smallest absolute Gasteiger partial charge is 0.164 e. The highest BCUT2D eigenvalue weighted by atomic mass is 32.1. The summed E-state index contributed by atoms with van der Waals surface area (Å²) in [6.45, 7) is 0.754. The van der Waals surface area contributed by atoms with E-state index in [1.165, 1.54) is 6.33 Å². The van der Waals surface area contributed by atoms with Gasteiger partial charge in [-0.2, -0.15) is 5.10 Å². The Morgan fingerprint density at radius 2 is 1.88 bits per heavy atom. The predicted molar refractivity (Wildman–Crippen MR) is 134 cm³/mol. The zero-order chi connectivity index (χ0) is 22.4. The number of nitrogens with two attached hydrogens (primary N) is 2. The first kappa shape index (κ1) is 20.3. The minimum atomic E-state index is 0.294. The fourth-order valence-corrected chi connectivity index (χ4v) is 5.60. The van der Waals surface area contributed by atoms with Gasteiger partial charge >= 0.3 is 0 Å². The van der Waals surface area contributed by atoms with Gasteiger partial charge in [-0.3, -0.25) is 0 Å². The number of pyridine rings is 1. The third-order valence-electron chi connectivity index (χ3n) is 6.75. The monoisotopic (exact) mass is 455 g/mol. The van der Waals surface area contributed by atoms with Crippen molar-refractivity contribution in [2.45, 2.75) is 31.7 Å². The molecule has 0 bridgehead atoms. The van der Waals surface area contributed by atoms with Crippen molar-refractivity contribution >= 4 is 39.1 Å². The van der Waals surface area contributed by atoms with Crippen LogP contribution >= 0.6 is 11.3 Å². The molecule has 4 aromatic heterocycles. The highest BCUT2D eigenvalue weighted by molar-refractivity contribution is 7.13. The van der Waals surface area contributed by atoms with Crippen LogP contribution in [0.25, 0.3) is 43.8 Å². The van der Waals surface area contributed by atoms with E-state index in [1.807, 2.05) is 6.07 Å². The summed E-state index contributed by atoms with van der Waals surface area (Å²) in [5, 5.41) is 9.02. The number of thiophene rings is 1. The van der Waals surface area contributed by atoms with Crippen LogP contribution in [0.1, 0.15) is 31.7 Å². The molecule has 1 aromatic carbocycles. The summed E-state index contributed by atoms with van der Waals surface area (Å²) in [5.41, 5.74) is 16.7. The summed E-state index contributed by atoms with van der Waals surface area (Å²) in [6, 6.07) is 14.9. The molecule has 0 amide bonds. The molecule has 1 saturated carbocycles. The molecule has 0 saturated heterocycles. The van der Waals surface area contributed by atoms with Gasteiger partial charge in [0.05, 0.1) is 27.5 Å². The van der Waals surface area contributed by atoms with Gasteiger partial charge in [-0.1, -0.05) is 24.3 Å². The van der Waals surface area contributed by atoms with Crippen molar-refractivity contribution in [2.24, 2.45) is 11.7 Å². The zero-order valence-corrected chi connectivity index (χ0v) is 19.0. The van der Waals surface area contributed by atoms with Crippen molar-refractivity contribution in [3.05, 3.63) is 54.2 Å². The minimum absolute atomic E-state index is 0.294. The summed E-state index contributed by atoms with van der Waals surface area (Å²) in [6.07, 6.45) is 5.85. The maximum absolute atomic E-state index is 6.35. The molecule has 8 heteroatoms. The van der Waals surface area contributed by atoms with Crippen molar-refractivity contribution in [3.63, 3.8) is 0 Å². The Bertz CT molecular complexity index is 1430. The van der Waals surface area contributed by atoms with Gasteiger partial charge in [0.15, 0.2) is 5.65 Å². The van der Waals surface area contributed by atoms with Crippen molar-refractivity contribution in [3.8, 4) is 21.8 Å². The molecule has 4 heterocycles. The van der Waals surface area contributed by atoms with Gasteiger partial charge in [0.25, 0.3) is 0 Å². The highest BCUT2D eigenvalue weighted by Gasteiger charge is 2.26. The SMILES string of the molecule is NCC1CCC(n2nc(-c3ccc4ccc(-c5cccs5)nc4c3)c3c(N)ncnc32)CC1. The van der Waals surface area contributed by atoms with Crippen LogP contribution < -0.4 is 11.5 Å². The Hall–Kier alpha value is -3.36. The van der Waals surface area contributed by atoms with Crippen LogP contribution in [0, 0.1) is 5.92 Å². The Kier molecular flexibility index (Phi) is 5.04. The van der Waals surface area contributed by atoms with E-state index in [0.717, 1.165) is 76.0 Å². The number of aromatic nitrogens is 5. The second-order valence-electron chi connectivity index (χ2n) is 8.74. The molecule has 0 unspecified atom stereocenters. The number of rotatable bonds is 4. The average molecular weight is 456 g/mol. The first-order valence-corrected chi connectivity index (χ1v) is 12.2. The second-order valence-corrected chi connectivity index (χ2v) is 9.69. The van der Waals surface area contributed by atoms with Gasteiger partial charge in [-0.25, -0.2) is 19.6 Å². The molecule has 33 heavy (non-hydrogen) atoms. The van der Waals surface area contributed by atoms with E-state index in [4.69, 9.17) is 21.5 Å². The van der Waals surface area contributed by atoms with Gasteiger partial charge in [0.2, 0.25) is 0 Å². The topological polar surface area (TPSA) is 109 Å². The normalized spacial score (nSPS) is 18.8.